The van der Waals surface area contributed by atoms with Crippen LogP contribution in [0.25, 0.3) is 0 Å². The van der Waals surface area contributed by atoms with Gasteiger partial charge in [0, 0.05) is 0 Å². The summed E-state index contributed by atoms with van der Waals surface area (Å²) in [7, 11) is 0. The van der Waals surface area contributed by atoms with Crippen LogP contribution in [-0.4, -0.2) is 29.5 Å². The number of carbonyl (C=O) groups excluding carboxylic acids is 2. The van der Waals surface area contributed by atoms with E-state index in [9.17, 15) is 19.5 Å². The topological polar surface area (TPSA) is 105 Å². The molecule has 0 spiro atoms. The van der Waals surface area contributed by atoms with E-state index in [0.29, 0.717) is 24.5 Å². The van der Waals surface area contributed by atoms with Gasteiger partial charge < -0.3 is 9.84 Å². The maximum Gasteiger partial charge on any atom is 0.307 e. The first-order valence-electron chi connectivity index (χ1n) is 8.92. The highest BCUT2D eigenvalue weighted by atomic mass is 16.5. The molecule has 2 atom stereocenters. The van der Waals surface area contributed by atoms with E-state index >= 15 is 0 Å². The van der Waals surface area contributed by atoms with Gasteiger partial charge >= 0.3 is 5.97 Å². The monoisotopic (exact) mass is 362 g/mol. The molecular weight excluding hydrogens is 336 g/mol. The molecule has 0 aromatic heterocycles. The van der Waals surface area contributed by atoms with E-state index in [0.717, 1.165) is 12.8 Å². The van der Waals surface area contributed by atoms with Crippen molar-refractivity contribution >= 4 is 17.8 Å². The van der Waals surface area contributed by atoms with Crippen molar-refractivity contribution in [2.24, 2.45) is 11.8 Å². The molecule has 1 fully saturated rings. The Morgan fingerprint density at radius 3 is 2.27 bits per heavy atom. The Morgan fingerprint density at radius 2 is 1.69 bits per heavy atom. The summed E-state index contributed by atoms with van der Waals surface area (Å²) in [5.74, 6) is -2.28. The van der Waals surface area contributed by atoms with Crippen molar-refractivity contribution in [1.29, 1.82) is 0 Å². The van der Waals surface area contributed by atoms with Gasteiger partial charge in [0.05, 0.1) is 11.8 Å². The van der Waals surface area contributed by atoms with Gasteiger partial charge in [0.2, 0.25) is 5.91 Å². The number of rotatable bonds is 6. The molecule has 0 bridgehead atoms. The lowest BCUT2D eigenvalue weighted by atomic mass is 9.79. The number of hydrazine groups is 1. The van der Waals surface area contributed by atoms with Gasteiger partial charge in [-0.3, -0.25) is 25.2 Å². The third kappa shape index (κ3) is 5.47. The summed E-state index contributed by atoms with van der Waals surface area (Å²) in [6, 6.07) is 7.46. The van der Waals surface area contributed by atoms with Crippen LogP contribution in [0, 0.1) is 11.8 Å². The van der Waals surface area contributed by atoms with E-state index < -0.39 is 29.6 Å². The minimum Gasteiger partial charge on any atom is -0.484 e. The molecule has 142 valence electrons. The fraction of sp³-hybridized carbons (Fsp3) is 0.526. The van der Waals surface area contributed by atoms with Crippen molar-refractivity contribution in [1.82, 2.24) is 10.9 Å². The first kappa shape index (κ1) is 19.8. The summed E-state index contributed by atoms with van der Waals surface area (Å²) < 4.78 is 5.38. The third-order valence-corrected chi connectivity index (χ3v) is 4.66. The van der Waals surface area contributed by atoms with E-state index in [2.05, 4.69) is 24.7 Å². The minimum atomic E-state index is -0.968. The zero-order valence-electron chi connectivity index (χ0n) is 15.2. The molecule has 26 heavy (non-hydrogen) atoms. The first-order chi connectivity index (χ1) is 12.4. The lowest BCUT2D eigenvalue weighted by Gasteiger charge is -2.27. The summed E-state index contributed by atoms with van der Waals surface area (Å²) >= 11 is 0. The Morgan fingerprint density at radius 1 is 1.08 bits per heavy atom. The summed E-state index contributed by atoms with van der Waals surface area (Å²) in [6.45, 7) is 3.94. The number of nitrogens with one attached hydrogen (secondary N) is 2. The highest BCUT2D eigenvalue weighted by molar-refractivity contribution is 5.87. The molecule has 1 saturated carbocycles. The fourth-order valence-electron chi connectivity index (χ4n) is 3.10. The van der Waals surface area contributed by atoms with Gasteiger partial charge in [-0.2, -0.15) is 0 Å². The molecule has 1 aliphatic carbocycles. The standard InChI is InChI=1S/C19H26N2O5/c1-12(2)13-7-9-14(10-8-13)26-11-17(22)20-21-18(23)15-5-3-4-6-16(15)19(24)25/h7-10,12,15-16H,3-6,11H2,1-2H3,(H,20,22)(H,21,23)(H,24,25). The predicted octanol–water partition coefficient (Wildman–Crippen LogP) is 2.23. The molecule has 1 aliphatic rings. The van der Waals surface area contributed by atoms with Gasteiger partial charge in [-0.15, -0.1) is 0 Å². The second-order valence-corrected chi connectivity index (χ2v) is 6.89. The number of hydrogen-bond donors (Lipinski definition) is 3. The molecule has 1 aromatic carbocycles. The Hall–Kier alpha value is -2.57. The zero-order chi connectivity index (χ0) is 19.1. The van der Waals surface area contributed by atoms with Crippen LogP contribution in [0.1, 0.15) is 51.0 Å². The number of amides is 2. The number of carboxylic acid groups (broad SMARTS) is 1. The quantitative estimate of drug-likeness (QED) is 0.673. The summed E-state index contributed by atoms with van der Waals surface area (Å²) in [5.41, 5.74) is 5.77. The lowest BCUT2D eigenvalue weighted by molar-refractivity contribution is -0.149. The third-order valence-electron chi connectivity index (χ3n) is 4.66. The SMILES string of the molecule is CC(C)c1ccc(OCC(=O)NNC(=O)C2CCCCC2C(=O)O)cc1. The van der Waals surface area contributed by atoms with Crippen LogP contribution in [0.15, 0.2) is 24.3 Å². The number of carboxylic acids is 1. The molecule has 0 heterocycles. The molecule has 2 unspecified atom stereocenters. The van der Waals surface area contributed by atoms with Crippen LogP contribution in [0.2, 0.25) is 0 Å². The molecular formula is C19H26N2O5. The fourth-order valence-corrected chi connectivity index (χ4v) is 3.10. The molecule has 2 rings (SSSR count). The summed E-state index contributed by atoms with van der Waals surface area (Å²) in [5, 5.41) is 9.21. The van der Waals surface area contributed by atoms with Gasteiger partial charge in [-0.1, -0.05) is 38.8 Å². The molecule has 2 amide bonds. The number of hydrogen-bond acceptors (Lipinski definition) is 4. The van der Waals surface area contributed by atoms with Crippen LogP contribution in [0.4, 0.5) is 0 Å². The maximum absolute atomic E-state index is 12.2. The highest BCUT2D eigenvalue weighted by Gasteiger charge is 2.35. The van der Waals surface area contributed by atoms with E-state index in [1.54, 1.807) is 12.1 Å². The average Bonchev–Trinajstić information content (AvgIpc) is 2.64. The largest absolute Gasteiger partial charge is 0.484 e. The van der Waals surface area contributed by atoms with Crippen molar-refractivity contribution < 1.29 is 24.2 Å². The summed E-state index contributed by atoms with van der Waals surface area (Å²) in [4.78, 5) is 35.2. The average molecular weight is 362 g/mol. The number of aliphatic carboxylic acids is 1. The molecule has 7 nitrogen and oxygen atoms in total. The molecule has 7 heteroatoms. The Kier molecular flexibility index (Phi) is 7.00. The summed E-state index contributed by atoms with van der Waals surface area (Å²) in [6.07, 6.45) is 2.61. The molecule has 1 aromatic rings. The van der Waals surface area contributed by atoms with E-state index in [1.807, 2.05) is 12.1 Å². The Balaban J connectivity index is 1.77. The first-order valence-corrected chi connectivity index (χ1v) is 8.92. The van der Waals surface area contributed by atoms with E-state index in [1.165, 1.54) is 5.56 Å². The van der Waals surface area contributed by atoms with Crippen LogP contribution in [0.5, 0.6) is 5.75 Å². The molecule has 0 radical (unpaired) electrons. The van der Waals surface area contributed by atoms with Crippen molar-refractivity contribution in [2.75, 3.05) is 6.61 Å². The second kappa shape index (κ2) is 9.22. The lowest BCUT2D eigenvalue weighted by Crippen LogP contribution is -2.49. The normalized spacial score (nSPS) is 19.7. The molecule has 0 aliphatic heterocycles. The van der Waals surface area contributed by atoms with E-state index in [-0.39, 0.29) is 6.61 Å². The maximum atomic E-state index is 12.2. The number of benzene rings is 1. The van der Waals surface area contributed by atoms with Crippen LogP contribution < -0.4 is 15.6 Å². The van der Waals surface area contributed by atoms with E-state index in [4.69, 9.17) is 4.74 Å². The van der Waals surface area contributed by atoms with Gasteiger partial charge in [0.25, 0.3) is 5.91 Å². The number of ether oxygens (including phenoxy) is 1. The minimum absolute atomic E-state index is 0.242. The van der Waals surface area contributed by atoms with Crippen molar-refractivity contribution in [3.63, 3.8) is 0 Å². The van der Waals surface area contributed by atoms with Crippen molar-refractivity contribution in [2.45, 2.75) is 45.4 Å². The highest BCUT2D eigenvalue weighted by Crippen LogP contribution is 2.30. The van der Waals surface area contributed by atoms with Crippen molar-refractivity contribution in [3.05, 3.63) is 29.8 Å². The van der Waals surface area contributed by atoms with Gasteiger partial charge in [0.1, 0.15) is 5.75 Å². The molecule has 0 saturated heterocycles. The van der Waals surface area contributed by atoms with Crippen LogP contribution in [0.3, 0.4) is 0 Å². The Labute approximate surface area is 153 Å². The Bertz CT molecular complexity index is 642. The molecule has 3 N–H and O–H groups in total. The van der Waals surface area contributed by atoms with Crippen molar-refractivity contribution in [3.8, 4) is 5.75 Å². The van der Waals surface area contributed by atoms with Gasteiger partial charge in [0.15, 0.2) is 6.61 Å². The smallest absolute Gasteiger partial charge is 0.307 e. The zero-order valence-corrected chi connectivity index (χ0v) is 15.2. The second-order valence-electron chi connectivity index (χ2n) is 6.89. The number of carbonyl (C=O) groups is 3. The van der Waals surface area contributed by atoms with Crippen LogP contribution in [-0.2, 0) is 14.4 Å². The predicted molar refractivity (Wildman–Crippen MR) is 95.4 cm³/mol. The van der Waals surface area contributed by atoms with Gasteiger partial charge in [-0.05, 0) is 36.5 Å². The van der Waals surface area contributed by atoms with Crippen LogP contribution >= 0.6 is 0 Å². The van der Waals surface area contributed by atoms with Gasteiger partial charge in [-0.25, -0.2) is 0 Å².